The summed E-state index contributed by atoms with van der Waals surface area (Å²) in [6, 6.07) is 20.8. The summed E-state index contributed by atoms with van der Waals surface area (Å²) in [5.74, 6) is 0.222. The average molecular weight is 484 g/mol. The first kappa shape index (κ1) is 20.6. The van der Waals surface area contributed by atoms with Crippen molar-refractivity contribution in [2.45, 2.75) is 0 Å². The normalized spacial score (nSPS) is 11.1. The van der Waals surface area contributed by atoms with Crippen molar-refractivity contribution in [1.82, 2.24) is 15.0 Å². The summed E-state index contributed by atoms with van der Waals surface area (Å²) in [4.78, 5) is 14.2. The fraction of sp³-hybridized carbons (Fsp3) is 0. The van der Waals surface area contributed by atoms with E-state index in [4.69, 9.17) is 39.2 Å². The van der Waals surface area contributed by atoms with E-state index < -0.39 is 5.91 Å². The van der Waals surface area contributed by atoms with Gasteiger partial charge in [-0.3, -0.25) is 4.79 Å². The molecule has 0 saturated heterocycles. The summed E-state index contributed by atoms with van der Waals surface area (Å²) in [7, 11) is 0. The number of fused-ring (bicyclic) bond motifs is 1. The number of anilines is 1. The van der Waals surface area contributed by atoms with Crippen LogP contribution in [0.5, 0.6) is 0 Å². The lowest BCUT2D eigenvalue weighted by molar-refractivity contribution is 0.0997. The smallest absolute Gasteiger partial charge is 0.291 e. The van der Waals surface area contributed by atoms with Crippen LogP contribution in [0.25, 0.3) is 28.0 Å². The Hall–Kier alpha value is -3.32. The van der Waals surface area contributed by atoms with E-state index in [-0.39, 0.29) is 5.76 Å². The highest BCUT2D eigenvalue weighted by atomic mass is 35.5. The number of furan rings is 1. The van der Waals surface area contributed by atoms with E-state index in [0.717, 1.165) is 5.69 Å². The molecule has 0 bridgehead atoms. The van der Waals surface area contributed by atoms with Gasteiger partial charge in [0.15, 0.2) is 5.76 Å². The molecular formula is C23H13Cl3N4O2. The Kier molecular flexibility index (Phi) is 5.35. The minimum atomic E-state index is -0.397. The largest absolute Gasteiger partial charge is 0.451 e. The Bertz CT molecular complexity index is 1460. The maximum absolute atomic E-state index is 12.7. The Balaban J connectivity index is 1.37. The number of nitrogens with one attached hydrogen (secondary N) is 1. The van der Waals surface area contributed by atoms with Crippen molar-refractivity contribution in [2.24, 2.45) is 0 Å². The molecular weight excluding hydrogens is 471 g/mol. The second-order valence-corrected chi connectivity index (χ2v) is 8.19. The van der Waals surface area contributed by atoms with E-state index in [1.807, 2.05) is 12.1 Å². The molecule has 2 aromatic heterocycles. The summed E-state index contributed by atoms with van der Waals surface area (Å²) >= 11 is 18.1. The molecule has 0 atom stereocenters. The third kappa shape index (κ3) is 4.08. The van der Waals surface area contributed by atoms with Gasteiger partial charge in [-0.15, -0.1) is 10.2 Å². The SMILES string of the molecule is O=C(Nc1ccc2nn(-c3ccc(Cl)cc3)nc2c1)c1ccc(-c2ccc(Cl)cc2Cl)o1. The fourth-order valence-corrected chi connectivity index (χ4v) is 3.80. The molecule has 3 aromatic carbocycles. The standard InChI is InChI=1S/C23H13Cl3N4O2/c24-13-1-5-16(6-2-13)30-28-19-8-4-15(12-20(19)29-30)27-23(31)22-10-9-21(32-22)17-7-3-14(25)11-18(17)26/h1-12H,(H,27,31). The van der Waals surface area contributed by atoms with Crippen molar-refractivity contribution in [2.75, 3.05) is 5.32 Å². The number of aromatic nitrogens is 3. The first-order valence-electron chi connectivity index (χ1n) is 9.46. The highest BCUT2D eigenvalue weighted by Crippen LogP contribution is 2.31. The van der Waals surface area contributed by atoms with Crippen molar-refractivity contribution >= 4 is 57.4 Å². The van der Waals surface area contributed by atoms with Gasteiger partial charge in [0, 0.05) is 21.3 Å². The Morgan fingerprint density at radius 1 is 0.812 bits per heavy atom. The number of amides is 1. The maximum Gasteiger partial charge on any atom is 0.291 e. The first-order valence-corrected chi connectivity index (χ1v) is 10.6. The van der Waals surface area contributed by atoms with E-state index in [1.165, 1.54) is 4.80 Å². The van der Waals surface area contributed by atoms with E-state index in [9.17, 15) is 4.79 Å². The van der Waals surface area contributed by atoms with Crippen molar-refractivity contribution in [3.8, 4) is 17.0 Å². The van der Waals surface area contributed by atoms with Gasteiger partial charge >= 0.3 is 0 Å². The number of carbonyl (C=O) groups excluding carboxylic acids is 1. The number of benzene rings is 3. The zero-order valence-corrected chi connectivity index (χ0v) is 18.5. The van der Waals surface area contributed by atoms with Crippen LogP contribution < -0.4 is 5.32 Å². The molecule has 0 radical (unpaired) electrons. The Labute approximate surface area is 197 Å². The molecule has 0 fully saturated rings. The van der Waals surface area contributed by atoms with Crippen molar-refractivity contribution in [3.63, 3.8) is 0 Å². The van der Waals surface area contributed by atoms with Gasteiger partial charge in [-0.2, -0.15) is 4.80 Å². The Morgan fingerprint density at radius 2 is 1.56 bits per heavy atom. The third-order valence-corrected chi connectivity index (χ3v) is 5.52. The van der Waals surface area contributed by atoms with Crippen LogP contribution in [-0.2, 0) is 0 Å². The lowest BCUT2D eigenvalue weighted by Crippen LogP contribution is -2.10. The van der Waals surface area contributed by atoms with E-state index in [2.05, 4.69) is 15.5 Å². The van der Waals surface area contributed by atoms with E-state index in [1.54, 1.807) is 60.7 Å². The van der Waals surface area contributed by atoms with Crippen LogP contribution in [0.2, 0.25) is 15.1 Å². The van der Waals surface area contributed by atoms with Gasteiger partial charge in [0.1, 0.15) is 16.8 Å². The number of hydrogen-bond donors (Lipinski definition) is 1. The van der Waals surface area contributed by atoms with Gasteiger partial charge in [0.05, 0.1) is 10.7 Å². The highest BCUT2D eigenvalue weighted by molar-refractivity contribution is 6.36. The van der Waals surface area contributed by atoms with E-state index >= 15 is 0 Å². The molecule has 1 N–H and O–H groups in total. The molecule has 0 aliphatic heterocycles. The van der Waals surface area contributed by atoms with Crippen LogP contribution in [0.15, 0.2) is 77.2 Å². The van der Waals surface area contributed by atoms with Gasteiger partial charge in [-0.1, -0.05) is 34.8 Å². The molecule has 2 heterocycles. The van der Waals surface area contributed by atoms with Crippen LogP contribution in [0.4, 0.5) is 5.69 Å². The number of halogens is 3. The summed E-state index contributed by atoms with van der Waals surface area (Å²) in [6.07, 6.45) is 0. The second kappa shape index (κ2) is 8.31. The molecule has 0 saturated carbocycles. The maximum atomic E-state index is 12.7. The minimum absolute atomic E-state index is 0.149. The van der Waals surface area contributed by atoms with Gasteiger partial charge in [0.2, 0.25) is 0 Å². The van der Waals surface area contributed by atoms with Crippen LogP contribution in [0, 0.1) is 0 Å². The summed E-state index contributed by atoms with van der Waals surface area (Å²) in [6.45, 7) is 0. The molecule has 0 aliphatic carbocycles. The van der Waals surface area contributed by atoms with Gasteiger partial charge in [-0.05, 0) is 72.8 Å². The second-order valence-electron chi connectivity index (χ2n) is 6.91. The lowest BCUT2D eigenvalue weighted by Gasteiger charge is -2.03. The number of rotatable bonds is 4. The van der Waals surface area contributed by atoms with Gasteiger partial charge < -0.3 is 9.73 Å². The van der Waals surface area contributed by atoms with Crippen LogP contribution >= 0.6 is 34.8 Å². The minimum Gasteiger partial charge on any atom is -0.451 e. The molecule has 5 rings (SSSR count). The summed E-state index contributed by atoms with van der Waals surface area (Å²) in [5, 5.41) is 13.3. The number of nitrogens with zero attached hydrogens (tertiary/aromatic N) is 3. The molecule has 0 unspecified atom stereocenters. The Morgan fingerprint density at radius 3 is 2.34 bits per heavy atom. The lowest BCUT2D eigenvalue weighted by atomic mass is 10.2. The topological polar surface area (TPSA) is 73.0 Å². The van der Waals surface area contributed by atoms with Crippen molar-refractivity contribution in [3.05, 3.63) is 93.6 Å². The molecule has 1 amide bonds. The fourth-order valence-electron chi connectivity index (χ4n) is 3.17. The van der Waals surface area contributed by atoms with Gasteiger partial charge in [-0.25, -0.2) is 0 Å². The summed E-state index contributed by atoms with van der Waals surface area (Å²) in [5.41, 5.74) is 3.31. The molecule has 0 spiro atoms. The van der Waals surface area contributed by atoms with Crippen LogP contribution in [-0.4, -0.2) is 20.9 Å². The molecule has 9 heteroatoms. The molecule has 5 aromatic rings. The summed E-state index contributed by atoms with van der Waals surface area (Å²) < 4.78 is 5.70. The zero-order chi connectivity index (χ0) is 22.2. The molecule has 158 valence electrons. The zero-order valence-electron chi connectivity index (χ0n) is 16.2. The van der Waals surface area contributed by atoms with Crippen LogP contribution in [0.1, 0.15) is 10.6 Å². The predicted octanol–water partition coefficient (Wildman–Crippen LogP) is 6.89. The average Bonchev–Trinajstić information content (AvgIpc) is 3.41. The van der Waals surface area contributed by atoms with Gasteiger partial charge in [0.25, 0.3) is 5.91 Å². The molecule has 6 nitrogen and oxygen atoms in total. The monoisotopic (exact) mass is 482 g/mol. The van der Waals surface area contributed by atoms with E-state index in [0.29, 0.717) is 43.1 Å². The number of carbonyl (C=O) groups is 1. The quantitative estimate of drug-likeness (QED) is 0.302. The van der Waals surface area contributed by atoms with Crippen LogP contribution in [0.3, 0.4) is 0 Å². The number of hydrogen-bond acceptors (Lipinski definition) is 4. The predicted molar refractivity (Wildman–Crippen MR) is 126 cm³/mol. The molecule has 32 heavy (non-hydrogen) atoms. The highest BCUT2D eigenvalue weighted by Gasteiger charge is 2.15. The third-order valence-electron chi connectivity index (χ3n) is 4.72. The van der Waals surface area contributed by atoms with Crippen molar-refractivity contribution < 1.29 is 9.21 Å². The first-order chi connectivity index (χ1) is 15.5. The van der Waals surface area contributed by atoms with Crippen molar-refractivity contribution in [1.29, 1.82) is 0 Å². The molecule has 0 aliphatic rings.